The highest BCUT2D eigenvalue weighted by Gasteiger charge is 2.23. The van der Waals surface area contributed by atoms with Gasteiger partial charge < -0.3 is 18.8 Å². The molecular formula is C22H26N2O5. The van der Waals surface area contributed by atoms with Crippen molar-refractivity contribution in [3.63, 3.8) is 0 Å². The average molecular weight is 398 g/mol. The van der Waals surface area contributed by atoms with Gasteiger partial charge in [0.25, 0.3) is 0 Å². The first-order valence-corrected chi connectivity index (χ1v) is 9.52. The molecule has 1 aromatic heterocycles. The van der Waals surface area contributed by atoms with Crippen LogP contribution in [-0.4, -0.2) is 43.2 Å². The number of hydrogen-bond donors (Lipinski definition) is 0. The molecule has 0 aliphatic rings. The smallest absolute Gasteiger partial charge is 0.420 e. The fourth-order valence-electron chi connectivity index (χ4n) is 3.45. The summed E-state index contributed by atoms with van der Waals surface area (Å²) in [5.41, 5.74) is 2.21. The third kappa shape index (κ3) is 4.29. The summed E-state index contributed by atoms with van der Waals surface area (Å²) in [6.45, 7) is 2.29. The van der Waals surface area contributed by atoms with Crippen molar-refractivity contribution in [3.05, 3.63) is 58.6 Å². The van der Waals surface area contributed by atoms with Gasteiger partial charge in [0, 0.05) is 13.6 Å². The van der Waals surface area contributed by atoms with E-state index in [9.17, 15) is 9.59 Å². The number of methoxy groups -OCH3 is 2. The second-order valence-corrected chi connectivity index (χ2v) is 6.93. The molecule has 0 saturated heterocycles. The van der Waals surface area contributed by atoms with Crippen molar-refractivity contribution in [2.24, 2.45) is 0 Å². The summed E-state index contributed by atoms with van der Waals surface area (Å²) in [5, 5.41) is 0. The van der Waals surface area contributed by atoms with E-state index in [1.165, 1.54) is 4.57 Å². The minimum absolute atomic E-state index is 0.133. The molecule has 2 aromatic carbocycles. The number of nitrogens with zero attached hydrogens (tertiary/aromatic N) is 2. The van der Waals surface area contributed by atoms with Crippen LogP contribution in [0.2, 0.25) is 0 Å². The summed E-state index contributed by atoms with van der Waals surface area (Å²) >= 11 is 0. The van der Waals surface area contributed by atoms with Crippen molar-refractivity contribution < 1.29 is 18.7 Å². The minimum atomic E-state index is -0.641. The van der Waals surface area contributed by atoms with Crippen molar-refractivity contribution in [2.45, 2.75) is 25.8 Å². The highest BCUT2D eigenvalue weighted by atomic mass is 16.5. The van der Waals surface area contributed by atoms with Crippen LogP contribution in [-0.2, 0) is 11.2 Å². The Kier molecular flexibility index (Phi) is 6.26. The lowest BCUT2D eigenvalue weighted by molar-refractivity contribution is -0.133. The largest absolute Gasteiger partial charge is 0.493 e. The number of fused-ring (bicyclic) bond motifs is 1. The van der Waals surface area contributed by atoms with Gasteiger partial charge in [-0.3, -0.25) is 9.36 Å². The highest BCUT2D eigenvalue weighted by Crippen LogP contribution is 2.28. The number of aromatic nitrogens is 1. The molecule has 154 valence electrons. The van der Waals surface area contributed by atoms with Crippen LogP contribution in [0.1, 0.15) is 24.9 Å². The van der Waals surface area contributed by atoms with E-state index in [-0.39, 0.29) is 5.91 Å². The molecule has 0 radical (unpaired) electrons. The van der Waals surface area contributed by atoms with Crippen molar-refractivity contribution in [1.82, 2.24) is 9.47 Å². The summed E-state index contributed by atoms with van der Waals surface area (Å²) in [7, 11) is 4.96. The van der Waals surface area contributed by atoms with Crippen LogP contribution in [0.5, 0.6) is 11.5 Å². The van der Waals surface area contributed by atoms with Crippen molar-refractivity contribution >= 4 is 17.0 Å². The number of carbonyl (C=O) groups excluding carboxylic acids is 1. The van der Waals surface area contributed by atoms with E-state index in [1.54, 1.807) is 51.3 Å². The van der Waals surface area contributed by atoms with E-state index < -0.39 is 11.8 Å². The number of aryl methyl sites for hydroxylation is 1. The van der Waals surface area contributed by atoms with E-state index in [1.807, 2.05) is 24.3 Å². The first-order chi connectivity index (χ1) is 14.0. The normalized spacial score (nSPS) is 12.0. The van der Waals surface area contributed by atoms with Gasteiger partial charge in [-0.2, -0.15) is 0 Å². The first-order valence-electron chi connectivity index (χ1n) is 9.52. The Morgan fingerprint density at radius 2 is 1.86 bits per heavy atom. The molecular weight excluding hydrogens is 372 g/mol. The molecule has 3 aromatic rings. The second kappa shape index (κ2) is 8.86. The van der Waals surface area contributed by atoms with Gasteiger partial charge in [-0.25, -0.2) is 4.79 Å². The van der Waals surface area contributed by atoms with Gasteiger partial charge in [0.05, 0.1) is 19.7 Å². The number of benzene rings is 2. The molecule has 1 unspecified atom stereocenters. The molecule has 0 fully saturated rings. The molecule has 3 rings (SSSR count). The van der Waals surface area contributed by atoms with Gasteiger partial charge in [-0.1, -0.05) is 18.2 Å². The van der Waals surface area contributed by atoms with Crippen LogP contribution in [0, 0.1) is 0 Å². The zero-order valence-electron chi connectivity index (χ0n) is 17.2. The maximum atomic E-state index is 12.9. The number of likely N-dealkylation sites (N-methyl/N-ethyl adjacent to an activating group) is 1. The maximum absolute atomic E-state index is 12.9. The summed E-state index contributed by atoms with van der Waals surface area (Å²) < 4.78 is 17.2. The molecule has 0 spiro atoms. The predicted molar refractivity (Wildman–Crippen MR) is 111 cm³/mol. The average Bonchev–Trinajstić information content (AvgIpc) is 3.07. The molecule has 7 nitrogen and oxygen atoms in total. The van der Waals surface area contributed by atoms with Crippen LogP contribution in [0.25, 0.3) is 11.1 Å². The molecule has 0 bridgehead atoms. The molecule has 7 heteroatoms. The third-order valence-electron chi connectivity index (χ3n) is 5.05. The first kappa shape index (κ1) is 20.5. The summed E-state index contributed by atoms with van der Waals surface area (Å²) in [5.74, 6) is 0.723. The van der Waals surface area contributed by atoms with E-state index >= 15 is 0 Å². The fraction of sp³-hybridized carbons (Fsp3) is 0.364. The lowest BCUT2D eigenvalue weighted by atomic mass is 10.1. The molecule has 0 saturated carbocycles. The van der Waals surface area contributed by atoms with E-state index in [4.69, 9.17) is 13.9 Å². The minimum Gasteiger partial charge on any atom is -0.493 e. The lowest BCUT2D eigenvalue weighted by Gasteiger charge is -2.22. The Morgan fingerprint density at radius 1 is 1.14 bits per heavy atom. The standard InChI is InChI=1S/C22H26N2O5/c1-15(24-17-9-5-6-10-18(17)29-22(24)26)21(25)23(2)13-7-8-16-11-12-19(27-3)20(14-16)28-4/h5-6,9-12,14-15H,7-8,13H2,1-4H3. The Labute approximate surface area is 169 Å². The second-order valence-electron chi connectivity index (χ2n) is 6.93. The van der Waals surface area contributed by atoms with Gasteiger partial charge in [-0.15, -0.1) is 0 Å². The quantitative estimate of drug-likeness (QED) is 0.582. The molecule has 1 heterocycles. The van der Waals surface area contributed by atoms with Gasteiger partial charge >= 0.3 is 5.76 Å². The van der Waals surface area contributed by atoms with E-state index in [0.717, 1.165) is 18.4 Å². The Morgan fingerprint density at radius 3 is 2.59 bits per heavy atom. The van der Waals surface area contributed by atoms with Gasteiger partial charge in [0.1, 0.15) is 6.04 Å². The molecule has 29 heavy (non-hydrogen) atoms. The summed E-state index contributed by atoms with van der Waals surface area (Å²) in [6.07, 6.45) is 1.58. The van der Waals surface area contributed by atoms with E-state index in [2.05, 4.69) is 0 Å². The van der Waals surface area contributed by atoms with Gasteiger partial charge in [0.15, 0.2) is 17.1 Å². The summed E-state index contributed by atoms with van der Waals surface area (Å²) in [4.78, 5) is 26.7. The Bertz CT molecular complexity index is 1050. The number of carbonyl (C=O) groups is 1. The number of oxazole rings is 1. The van der Waals surface area contributed by atoms with Crippen LogP contribution < -0.4 is 15.2 Å². The number of amides is 1. The molecule has 1 amide bonds. The van der Waals surface area contributed by atoms with Gasteiger partial charge in [-0.05, 0) is 49.6 Å². The van der Waals surface area contributed by atoms with Crippen LogP contribution in [0.3, 0.4) is 0 Å². The highest BCUT2D eigenvalue weighted by molar-refractivity contribution is 5.82. The number of rotatable bonds is 8. The van der Waals surface area contributed by atoms with Crippen molar-refractivity contribution in [1.29, 1.82) is 0 Å². The Hall–Kier alpha value is -3.22. The number of hydrogen-bond acceptors (Lipinski definition) is 5. The molecule has 0 aliphatic carbocycles. The zero-order valence-corrected chi connectivity index (χ0v) is 17.2. The van der Waals surface area contributed by atoms with Crippen LogP contribution >= 0.6 is 0 Å². The lowest BCUT2D eigenvalue weighted by Crippen LogP contribution is -2.36. The Balaban J connectivity index is 1.63. The predicted octanol–water partition coefficient (Wildman–Crippen LogP) is 3.26. The molecule has 1 atom stereocenters. The van der Waals surface area contributed by atoms with Crippen LogP contribution in [0.4, 0.5) is 0 Å². The van der Waals surface area contributed by atoms with Crippen molar-refractivity contribution in [2.75, 3.05) is 27.8 Å². The van der Waals surface area contributed by atoms with Gasteiger partial charge in [0.2, 0.25) is 5.91 Å². The summed E-state index contributed by atoms with van der Waals surface area (Å²) in [6, 6.07) is 12.3. The SMILES string of the molecule is COc1ccc(CCCN(C)C(=O)C(C)n2c(=O)oc3ccccc32)cc1OC. The van der Waals surface area contributed by atoms with Crippen molar-refractivity contribution in [3.8, 4) is 11.5 Å². The number of ether oxygens (including phenoxy) is 2. The molecule has 0 N–H and O–H groups in total. The van der Waals surface area contributed by atoms with E-state index in [0.29, 0.717) is 29.1 Å². The monoisotopic (exact) mass is 398 g/mol. The fourth-order valence-corrected chi connectivity index (χ4v) is 3.45. The topological polar surface area (TPSA) is 73.9 Å². The third-order valence-corrected chi connectivity index (χ3v) is 5.05. The number of para-hydroxylation sites is 2. The molecule has 0 aliphatic heterocycles. The zero-order chi connectivity index (χ0) is 21.0. The maximum Gasteiger partial charge on any atom is 0.420 e. The van der Waals surface area contributed by atoms with Crippen LogP contribution in [0.15, 0.2) is 51.7 Å².